The van der Waals surface area contributed by atoms with Crippen molar-refractivity contribution >= 4 is 0 Å². The van der Waals surface area contributed by atoms with Crippen molar-refractivity contribution in [2.24, 2.45) is 0 Å². The van der Waals surface area contributed by atoms with Gasteiger partial charge in [0.2, 0.25) is 0 Å². The van der Waals surface area contributed by atoms with Gasteiger partial charge in [-0.1, -0.05) is 18.2 Å². The Balaban J connectivity index is 0.000000241. The molecule has 0 spiro atoms. The third-order valence-electron chi connectivity index (χ3n) is 0.962. The predicted molar refractivity (Wildman–Crippen MR) is 41.2 cm³/mol. The van der Waals surface area contributed by atoms with Gasteiger partial charge in [0, 0.05) is 0 Å². The van der Waals surface area contributed by atoms with Crippen LogP contribution in [-0.4, -0.2) is 18.3 Å². The Morgan fingerprint density at radius 1 is 0.929 bits per heavy atom. The van der Waals surface area contributed by atoms with E-state index in [1.54, 1.807) is 24.3 Å². The maximum atomic E-state index is 10.6. The summed E-state index contributed by atoms with van der Waals surface area (Å²) in [5, 5.41) is 8.63. The van der Waals surface area contributed by atoms with Crippen molar-refractivity contribution in [3.05, 3.63) is 30.3 Å². The monoisotopic (exact) mass is 212 g/mol. The van der Waals surface area contributed by atoms with Crippen LogP contribution in [0.1, 0.15) is 0 Å². The Bertz CT molecular complexity index is 222. The van der Waals surface area contributed by atoms with Crippen molar-refractivity contribution in [3.8, 4) is 5.75 Å². The number of phenols is 1. The SMILES string of the molecule is FC(F)OC(F)F.Oc1ccccc1. The first-order valence-electron chi connectivity index (χ1n) is 3.48. The number of hydrogen-bond acceptors (Lipinski definition) is 2. The number of benzene rings is 1. The molecule has 1 aromatic carbocycles. The van der Waals surface area contributed by atoms with E-state index in [0.29, 0.717) is 5.75 Å². The molecule has 0 aromatic heterocycles. The van der Waals surface area contributed by atoms with Gasteiger partial charge in [0.05, 0.1) is 0 Å². The first-order chi connectivity index (χ1) is 6.52. The third-order valence-corrected chi connectivity index (χ3v) is 0.962. The minimum absolute atomic E-state index is 0.322. The highest BCUT2D eigenvalue weighted by Crippen LogP contribution is 2.03. The molecule has 0 aliphatic rings. The fraction of sp³-hybridized carbons (Fsp3) is 0.250. The van der Waals surface area contributed by atoms with Gasteiger partial charge in [-0.05, 0) is 12.1 Å². The predicted octanol–water partition coefficient (Wildman–Crippen LogP) is 2.84. The normalized spacial score (nSPS) is 9.86. The lowest BCUT2D eigenvalue weighted by Crippen LogP contribution is -2.03. The van der Waals surface area contributed by atoms with E-state index in [2.05, 4.69) is 4.74 Å². The van der Waals surface area contributed by atoms with Crippen LogP contribution < -0.4 is 0 Å². The van der Waals surface area contributed by atoms with Crippen molar-refractivity contribution in [1.82, 2.24) is 0 Å². The van der Waals surface area contributed by atoms with Crippen molar-refractivity contribution in [2.75, 3.05) is 0 Å². The maximum absolute atomic E-state index is 10.6. The van der Waals surface area contributed by atoms with Gasteiger partial charge in [-0.3, -0.25) is 4.74 Å². The van der Waals surface area contributed by atoms with Gasteiger partial charge in [-0.25, -0.2) is 0 Å². The number of para-hydroxylation sites is 1. The minimum atomic E-state index is -3.38. The molecular formula is C8H8F4O2. The summed E-state index contributed by atoms with van der Waals surface area (Å²) < 4.78 is 44.9. The van der Waals surface area contributed by atoms with Gasteiger partial charge in [0.15, 0.2) is 0 Å². The molecule has 0 amide bonds. The number of aromatic hydroxyl groups is 1. The molecule has 1 aromatic rings. The lowest BCUT2D eigenvalue weighted by Gasteiger charge is -1.95. The van der Waals surface area contributed by atoms with Crippen molar-refractivity contribution < 1.29 is 27.4 Å². The molecule has 0 bridgehead atoms. The molecule has 0 unspecified atom stereocenters. The van der Waals surface area contributed by atoms with E-state index in [-0.39, 0.29) is 0 Å². The molecule has 0 saturated carbocycles. The zero-order valence-electron chi connectivity index (χ0n) is 6.91. The Labute approximate surface area is 77.7 Å². The molecule has 0 aliphatic heterocycles. The fourth-order valence-corrected chi connectivity index (χ4v) is 0.506. The van der Waals surface area contributed by atoms with Crippen LogP contribution in [0.2, 0.25) is 0 Å². The van der Waals surface area contributed by atoms with Gasteiger partial charge >= 0.3 is 13.2 Å². The standard InChI is InChI=1S/C6H6O.C2H2F4O/c7-6-4-2-1-3-5-6;3-1(4)7-2(5)6/h1-5,7H;1-2H. The summed E-state index contributed by atoms with van der Waals surface area (Å²) in [6, 6.07) is 8.71. The second-order valence-corrected chi connectivity index (χ2v) is 1.99. The number of alkyl halides is 4. The Kier molecular flexibility index (Phi) is 6.47. The van der Waals surface area contributed by atoms with Crippen LogP contribution in [0.4, 0.5) is 17.6 Å². The van der Waals surface area contributed by atoms with E-state index < -0.39 is 13.2 Å². The maximum Gasteiger partial charge on any atom is 0.349 e. The fourth-order valence-electron chi connectivity index (χ4n) is 0.506. The molecule has 2 nitrogen and oxygen atoms in total. The largest absolute Gasteiger partial charge is 0.508 e. The molecule has 0 heterocycles. The summed E-state index contributed by atoms with van der Waals surface area (Å²) >= 11 is 0. The number of ether oxygens (including phenoxy) is 1. The lowest BCUT2D eigenvalue weighted by molar-refractivity contribution is -0.245. The molecular weight excluding hydrogens is 204 g/mol. The quantitative estimate of drug-likeness (QED) is 0.764. The number of phenolic OH excluding ortho intramolecular Hbond substituents is 1. The Hall–Kier alpha value is -1.30. The van der Waals surface area contributed by atoms with Crippen molar-refractivity contribution in [2.45, 2.75) is 13.2 Å². The summed E-state index contributed by atoms with van der Waals surface area (Å²) in [4.78, 5) is 0. The molecule has 1 rings (SSSR count). The summed E-state index contributed by atoms with van der Waals surface area (Å²) in [6.45, 7) is -6.75. The Morgan fingerprint density at radius 2 is 1.36 bits per heavy atom. The molecule has 0 radical (unpaired) electrons. The van der Waals surface area contributed by atoms with Crippen LogP contribution in [0, 0.1) is 0 Å². The topological polar surface area (TPSA) is 29.5 Å². The molecule has 80 valence electrons. The first-order valence-corrected chi connectivity index (χ1v) is 3.48. The van der Waals surface area contributed by atoms with Crippen LogP contribution in [0.15, 0.2) is 30.3 Å². The van der Waals surface area contributed by atoms with E-state index in [9.17, 15) is 17.6 Å². The molecule has 0 fully saturated rings. The zero-order valence-corrected chi connectivity index (χ0v) is 6.91. The van der Waals surface area contributed by atoms with Crippen LogP contribution in [-0.2, 0) is 4.74 Å². The highest BCUT2D eigenvalue weighted by atomic mass is 19.3. The van der Waals surface area contributed by atoms with E-state index >= 15 is 0 Å². The number of halogens is 4. The van der Waals surface area contributed by atoms with Gasteiger partial charge in [-0.15, -0.1) is 0 Å². The summed E-state index contributed by atoms with van der Waals surface area (Å²) in [5.41, 5.74) is 0. The van der Waals surface area contributed by atoms with Crippen molar-refractivity contribution in [3.63, 3.8) is 0 Å². The van der Waals surface area contributed by atoms with Crippen molar-refractivity contribution in [1.29, 1.82) is 0 Å². The van der Waals surface area contributed by atoms with Crippen LogP contribution in [0.5, 0.6) is 5.75 Å². The highest BCUT2D eigenvalue weighted by Gasteiger charge is 2.09. The van der Waals surface area contributed by atoms with E-state index in [0.717, 1.165) is 0 Å². The van der Waals surface area contributed by atoms with Gasteiger partial charge in [0.1, 0.15) is 5.75 Å². The minimum Gasteiger partial charge on any atom is -0.508 e. The second kappa shape index (κ2) is 7.14. The van der Waals surface area contributed by atoms with Gasteiger partial charge < -0.3 is 5.11 Å². The summed E-state index contributed by atoms with van der Waals surface area (Å²) in [7, 11) is 0. The first kappa shape index (κ1) is 12.7. The Morgan fingerprint density at radius 3 is 1.50 bits per heavy atom. The van der Waals surface area contributed by atoms with Crippen LogP contribution in [0.25, 0.3) is 0 Å². The average molecular weight is 212 g/mol. The third kappa shape index (κ3) is 8.79. The molecule has 1 N–H and O–H groups in total. The van der Waals surface area contributed by atoms with E-state index in [1.165, 1.54) is 0 Å². The molecule has 6 heteroatoms. The van der Waals surface area contributed by atoms with E-state index in [4.69, 9.17) is 5.11 Å². The smallest absolute Gasteiger partial charge is 0.349 e. The second-order valence-electron chi connectivity index (χ2n) is 1.99. The van der Waals surface area contributed by atoms with Crippen LogP contribution >= 0.6 is 0 Å². The molecule has 0 aliphatic carbocycles. The average Bonchev–Trinajstić information content (AvgIpc) is 2.03. The highest BCUT2D eigenvalue weighted by molar-refractivity contribution is 5.18. The summed E-state index contributed by atoms with van der Waals surface area (Å²) in [6.07, 6.45) is 0. The molecule has 0 atom stereocenters. The molecule has 0 saturated heterocycles. The zero-order chi connectivity index (χ0) is 11.0. The van der Waals surface area contributed by atoms with Crippen LogP contribution in [0.3, 0.4) is 0 Å². The molecule has 14 heavy (non-hydrogen) atoms. The van der Waals surface area contributed by atoms with E-state index in [1.807, 2.05) is 6.07 Å². The number of rotatable bonds is 2. The summed E-state index contributed by atoms with van der Waals surface area (Å²) in [5.74, 6) is 0.322. The van der Waals surface area contributed by atoms with Gasteiger partial charge in [-0.2, -0.15) is 17.6 Å². The number of hydrogen-bond donors (Lipinski definition) is 1. The van der Waals surface area contributed by atoms with Gasteiger partial charge in [0.25, 0.3) is 0 Å². The lowest BCUT2D eigenvalue weighted by atomic mass is 10.3.